The highest BCUT2D eigenvalue weighted by Crippen LogP contribution is 2.25. The highest BCUT2D eigenvalue weighted by molar-refractivity contribution is 7.13. The van der Waals surface area contributed by atoms with Gasteiger partial charge in [-0.1, -0.05) is 6.07 Å². The number of piperazine rings is 1. The van der Waals surface area contributed by atoms with Gasteiger partial charge in [0.05, 0.1) is 7.11 Å². The molecule has 3 aromatic rings. The van der Waals surface area contributed by atoms with Crippen LogP contribution in [-0.2, 0) is 6.54 Å². The van der Waals surface area contributed by atoms with Crippen LogP contribution >= 0.6 is 11.3 Å². The van der Waals surface area contributed by atoms with Crippen LogP contribution in [0, 0.1) is 0 Å². The number of thiazole rings is 1. The van der Waals surface area contributed by atoms with Crippen molar-refractivity contribution < 1.29 is 9.53 Å². The van der Waals surface area contributed by atoms with E-state index in [1.807, 2.05) is 29.6 Å². The number of hydrogen-bond donors (Lipinski definition) is 1. The second kappa shape index (κ2) is 8.91. The Labute approximate surface area is 174 Å². The Morgan fingerprint density at radius 2 is 1.90 bits per heavy atom. The van der Waals surface area contributed by atoms with Gasteiger partial charge < -0.3 is 19.9 Å². The van der Waals surface area contributed by atoms with Gasteiger partial charge in [-0.2, -0.15) is 0 Å². The largest absolute Gasteiger partial charge is 0.497 e. The molecule has 1 saturated heterocycles. The second-order valence-corrected chi connectivity index (χ2v) is 7.57. The summed E-state index contributed by atoms with van der Waals surface area (Å²) < 4.78 is 5.32. The monoisotopic (exact) mass is 409 g/mol. The predicted octanol–water partition coefficient (Wildman–Crippen LogP) is 2.80. The Balaban J connectivity index is 1.32. The molecule has 0 unspecified atom stereocenters. The molecule has 3 heterocycles. The molecule has 1 aromatic carbocycles. The van der Waals surface area contributed by atoms with Crippen molar-refractivity contribution in [2.75, 3.05) is 43.1 Å². The van der Waals surface area contributed by atoms with Gasteiger partial charge >= 0.3 is 0 Å². The number of aromatic nitrogens is 2. The van der Waals surface area contributed by atoms with Crippen LogP contribution in [0.4, 0.5) is 10.8 Å². The van der Waals surface area contributed by atoms with E-state index in [2.05, 4.69) is 37.2 Å². The number of amides is 1. The van der Waals surface area contributed by atoms with E-state index in [1.54, 1.807) is 19.5 Å². The van der Waals surface area contributed by atoms with Crippen molar-refractivity contribution in [3.63, 3.8) is 0 Å². The molecule has 1 aliphatic heterocycles. The predicted molar refractivity (Wildman–Crippen MR) is 115 cm³/mol. The summed E-state index contributed by atoms with van der Waals surface area (Å²) in [5.41, 5.74) is 2.64. The fraction of sp³-hybridized carbons (Fsp3) is 0.286. The first-order valence-electron chi connectivity index (χ1n) is 9.49. The third-order valence-corrected chi connectivity index (χ3v) is 5.80. The van der Waals surface area contributed by atoms with Gasteiger partial charge in [-0.25, -0.2) is 4.98 Å². The molecular formula is C21H23N5O2S. The summed E-state index contributed by atoms with van der Waals surface area (Å²) in [6.07, 6.45) is 3.43. The number of anilines is 2. The van der Waals surface area contributed by atoms with Gasteiger partial charge in [0, 0.05) is 62.3 Å². The van der Waals surface area contributed by atoms with Gasteiger partial charge in [-0.15, -0.1) is 11.3 Å². The molecule has 1 aliphatic rings. The molecule has 150 valence electrons. The van der Waals surface area contributed by atoms with E-state index in [0.29, 0.717) is 12.2 Å². The number of pyridine rings is 1. The molecule has 0 radical (unpaired) electrons. The third-order valence-electron chi connectivity index (χ3n) is 4.90. The van der Waals surface area contributed by atoms with E-state index < -0.39 is 0 Å². The van der Waals surface area contributed by atoms with Gasteiger partial charge in [0.2, 0.25) is 0 Å². The van der Waals surface area contributed by atoms with Crippen molar-refractivity contribution in [3.05, 3.63) is 65.4 Å². The van der Waals surface area contributed by atoms with E-state index in [4.69, 9.17) is 4.74 Å². The fourth-order valence-electron chi connectivity index (χ4n) is 3.25. The molecule has 0 spiro atoms. The second-order valence-electron chi connectivity index (χ2n) is 6.73. The van der Waals surface area contributed by atoms with Crippen molar-refractivity contribution in [2.24, 2.45) is 0 Å². The number of benzene rings is 1. The molecule has 0 atom stereocenters. The van der Waals surface area contributed by atoms with Crippen molar-refractivity contribution in [1.82, 2.24) is 15.3 Å². The molecule has 0 saturated carbocycles. The number of methoxy groups -OCH3 is 1. The molecule has 0 bridgehead atoms. The smallest absolute Gasteiger partial charge is 0.271 e. The standard InChI is InChI=1S/C21H23N5O2S/c1-28-18-4-2-3-17(13-18)25-9-11-26(12-10-25)21-24-19(15-29-21)20(27)23-14-16-5-7-22-8-6-16/h2-8,13,15H,9-12,14H2,1H3,(H,23,27). The van der Waals surface area contributed by atoms with Gasteiger partial charge in [-0.05, 0) is 29.8 Å². The molecule has 4 rings (SSSR count). The Bertz CT molecular complexity index is 954. The normalized spacial score (nSPS) is 14.0. The molecule has 0 aliphatic carbocycles. The van der Waals surface area contributed by atoms with Crippen molar-refractivity contribution in [1.29, 1.82) is 0 Å². The maximum absolute atomic E-state index is 12.4. The summed E-state index contributed by atoms with van der Waals surface area (Å²) >= 11 is 1.51. The maximum atomic E-state index is 12.4. The van der Waals surface area contributed by atoms with E-state index in [-0.39, 0.29) is 5.91 Å². The van der Waals surface area contributed by atoms with E-state index in [0.717, 1.165) is 42.6 Å². The number of carbonyl (C=O) groups is 1. The lowest BCUT2D eigenvalue weighted by Crippen LogP contribution is -2.46. The number of nitrogens with zero attached hydrogens (tertiary/aromatic N) is 4. The fourth-order valence-corrected chi connectivity index (χ4v) is 4.11. The number of ether oxygens (including phenoxy) is 1. The summed E-state index contributed by atoms with van der Waals surface area (Å²) in [7, 11) is 1.68. The lowest BCUT2D eigenvalue weighted by molar-refractivity contribution is 0.0946. The minimum Gasteiger partial charge on any atom is -0.497 e. The summed E-state index contributed by atoms with van der Waals surface area (Å²) in [5.74, 6) is 0.714. The van der Waals surface area contributed by atoms with Crippen molar-refractivity contribution in [3.8, 4) is 5.75 Å². The molecule has 7 nitrogen and oxygen atoms in total. The van der Waals surface area contributed by atoms with E-state index in [9.17, 15) is 4.79 Å². The number of carbonyl (C=O) groups excluding carboxylic acids is 1. The first-order valence-corrected chi connectivity index (χ1v) is 10.4. The Hall–Kier alpha value is -3.13. The van der Waals surface area contributed by atoms with Crippen LogP contribution in [-0.4, -0.2) is 49.2 Å². The van der Waals surface area contributed by atoms with Crippen LogP contribution in [0.15, 0.2) is 54.2 Å². The third kappa shape index (κ3) is 4.65. The van der Waals surface area contributed by atoms with Crippen molar-refractivity contribution in [2.45, 2.75) is 6.54 Å². The van der Waals surface area contributed by atoms with Crippen LogP contribution < -0.4 is 19.9 Å². The Kier molecular flexibility index (Phi) is 5.90. The number of hydrogen-bond acceptors (Lipinski definition) is 7. The van der Waals surface area contributed by atoms with Crippen LogP contribution in [0.25, 0.3) is 0 Å². The van der Waals surface area contributed by atoms with Crippen LogP contribution in [0.5, 0.6) is 5.75 Å². The van der Waals surface area contributed by atoms with Gasteiger partial charge in [0.25, 0.3) is 5.91 Å². The molecule has 2 aromatic heterocycles. The highest BCUT2D eigenvalue weighted by Gasteiger charge is 2.21. The highest BCUT2D eigenvalue weighted by atomic mass is 32.1. The van der Waals surface area contributed by atoms with Gasteiger partial charge in [-0.3, -0.25) is 9.78 Å². The average molecular weight is 410 g/mol. The summed E-state index contributed by atoms with van der Waals surface area (Å²) in [6.45, 7) is 3.99. The minimum absolute atomic E-state index is 0.153. The summed E-state index contributed by atoms with van der Waals surface area (Å²) in [5, 5.41) is 5.63. The molecule has 1 fully saturated rings. The lowest BCUT2D eigenvalue weighted by Gasteiger charge is -2.36. The zero-order valence-electron chi connectivity index (χ0n) is 16.2. The van der Waals surface area contributed by atoms with E-state index in [1.165, 1.54) is 17.0 Å². The average Bonchev–Trinajstić information content (AvgIpc) is 3.29. The quantitative estimate of drug-likeness (QED) is 0.675. The Morgan fingerprint density at radius 1 is 1.14 bits per heavy atom. The molecular weight excluding hydrogens is 386 g/mol. The molecule has 1 N–H and O–H groups in total. The summed E-state index contributed by atoms with van der Waals surface area (Å²) in [6, 6.07) is 11.9. The lowest BCUT2D eigenvalue weighted by atomic mass is 10.2. The first-order chi connectivity index (χ1) is 14.2. The molecule has 8 heteroatoms. The van der Waals surface area contributed by atoms with Crippen LogP contribution in [0.3, 0.4) is 0 Å². The maximum Gasteiger partial charge on any atom is 0.271 e. The van der Waals surface area contributed by atoms with Crippen molar-refractivity contribution >= 4 is 28.1 Å². The molecule has 29 heavy (non-hydrogen) atoms. The Morgan fingerprint density at radius 3 is 2.66 bits per heavy atom. The van der Waals surface area contributed by atoms with Crippen LogP contribution in [0.1, 0.15) is 16.1 Å². The van der Waals surface area contributed by atoms with Gasteiger partial charge in [0.15, 0.2) is 5.13 Å². The van der Waals surface area contributed by atoms with Gasteiger partial charge in [0.1, 0.15) is 11.4 Å². The zero-order valence-corrected chi connectivity index (χ0v) is 17.1. The van der Waals surface area contributed by atoms with Crippen LogP contribution in [0.2, 0.25) is 0 Å². The SMILES string of the molecule is COc1cccc(N2CCN(c3nc(C(=O)NCc4ccncc4)cs3)CC2)c1. The first kappa shape index (κ1) is 19.2. The molecule has 1 amide bonds. The zero-order chi connectivity index (χ0) is 20.1. The minimum atomic E-state index is -0.153. The summed E-state index contributed by atoms with van der Waals surface area (Å²) in [4.78, 5) is 25.5. The van der Waals surface area contributed by atoms with E-state index >= 15 is 0 Å². The number of rotatable bonds is 6. The number of nitrogens with one attached hydrogen (secondary N) is 1. The topological polar surface area (TPSA) is 70.6 Å².